The number of rotatable bonds is 3. The van der Waals surface area contributed by atoms with Gasteiger partial charge in [-0.05, 0) is 77.8 Å². The molecule has 1 fully saturated rings. The fourth-order valence-corrected chi connectivity index (χ4v) is 7.40. The van der Waals surface area contributed by atoms with E-state index in [-0.39, 0.29) is 5.75 Å². The second-order valence-corrected chi connectivity index (χ2v) is 11.7. The van der Waals surface area contributed by atoms with E-state index in [0.29, 0.717) is 40.0 Å². The molecule has 1 heterocycles. The second-order valence-electron chi connectivity index (χ2n) is 8.87. The lowest BCUT2D eigenvalue weighted by molar-refractivity contribution is 0.196. The van der Waals surface area contributed by atoms with E-state index in [2.05, 4.69) is 18.2 Å². The fourth-order valence-electron chi connectivity index (χ4n) is 5.57. The Bertz CT molecular complexity index is 1060. The van der Waals surface area contributed by atoms with Gasteiger partial charge in [0.1, 0.15) is 0 Å². The maximum absolute atomic E-state index is 13.3. The molecule has 0 bridgehead atoms. The lowest BCUT2D eigenvalue weighted by Crippen LogP contribution is -2.39. The Balaban J connectivity index is 1.46. The molecule has 1 aliphatic heterocycles. The minimum atomic E-state index is -3.44. The Morgan fingerprint density at radius 3 is 2.59 bits per heavy atom. The van der Waals surface area contributed by atoms with Crippen molar-refractivity contribution in [1.29, 1.82) is 0 Å². The lowest BCUT2D eigenvalue weighted by atomic mass is 9.56. The topological polar surface area (TPSA) is 37.4 Å². The molecule has 29 heavy (non-hydrogen) atoms. The van der Waals surface area contributed by atoms with Gasteiger partial charge in [0.05, 0.1) is 15.8 Å². The summed E-state index contributed by atoms with van der Waals surface area (Å²) >= 11 is 12.1. The third kappa shape index (κ3) is 3.42. The summed E-state index contributed by atoms with van der Waals surface area (Å²) in [5.41, 5.74) is 5.23. The van der Waals surface area contributed by atoms with Crippen LogP contribution in [-0.4, -0.2) is 19.3 Å². The molecule has 2 aliphatic carbocycles. The van der Waals surface area contributed by atoms with Crippen molar-refractivity contribution in [2.24, 2.45) is 0 Å². The molecule has 154 valence electrons. The minimum Gasteiger partial charge on any atom is -0.212 e. The first-order valence-corrected chi connectivity index (χ1v) is 12.8. The summed E-state index contributed by atoms with van der Waals surface area (Å²) in [6.07, 6.45) is 7.24. The Kier molecular flexibility index (Phi) is 4.98. The van der Waals surface area contributed by atoms with Crippen LogP contribution in [0.1, 0.15) is 66.7 Å². The summed E-state index contributed by atoms with van der Waals surface area (Å²) < 4.78 is 28.2. The van der Waals surface area contributed by atoms with Crippen molar-refractivity contribution in [2.75, 3.05) is 6.54 Å². The second kappa shape index (κ2) is 7.26. The van der Waals surface area contributed by atoms with Gasteiger partial charge in [0, 0.05) is 13.1 Å². The predicted molar refractivity (Wildman–Crippen MR) is 118 cm³/mol. The van der Waals surface area contributed by atoms with Crippen LogP contribution in [-0.2, 0) is 27.7 Å². The minimum absolute atomic E-state index is 0.0481. The monoisotopic (exact) mass is 449 g/mol. The van der Waals surface area contributed by atoms with Crippen molar-refractivity contribution in [2.45, 2.75) is 62.2 Å². The molecule has 2 aromatic rings. The largest absolute Gasteiger partial charge is 0.218 e. The number of hydrogen-bond donors (Lipinski definition) is 0. The SMILES string of the molecule is O=S(=O)(Cc1ccc(Cl)c(Cl)c1)N1CC[C@H]2CCC3(CCC3)c3cccc(c32)C1. The van der Waals surface area contributed by atoms with Gasteiger partial charge in [-0.3, -0.25) is 0 Å². The Labute approximate surface area is 183 Å². The van der Waals surface area contributed by atoms with Crippen molar-refractivity contribution in [3.63, 3.8) is 0 Å². The molecule has 0 saturated heterocycles. The van der Waals surface area contributed by atoms with E-state index in [4.69, 9.17) is 23.2 Å². The molecule has 0 amide bonds. The number of sulfonamides is 1. The summed E-state index contributed by atoms with van der Waals surface area (Å²) in [5.74, 6) is 0.436. The fraction of sp³-hybridized carbons (Fsp3) is 0.478. The van der Waals surface area contributed by atoms with E-state index in [1.807, 2.05) is 0 Å². The van der Waals surface area contributed by atoms with Crippen LogP contribution in [0.25, 0.3) is 0 Å². The van der Waals surface area contributed by atoms with E-state index in [1.165, 1.54) is 48.8 Å². The highest BCUT2D eigenvalue weighted by Gasteiger charge is 2.45. The molecule has 3 nitrogen and oxygen atoms in total. The molecule has 0 unspecified atom stereocenters. The van der Waals surface area contributed by atoms with Crippen molar-refractivity contribution in [3.8, 4) is 0 Å². The van der Waals surface area contributed by atoms with Crippen LogP contribution in [0.15, 0.2) is 36.4 Å². The van der Waals surface area contributed by atoms with Gasteiger partial charge >= 0.3 is 0 Å². The average molecular weight is 450 g/mol. The highest BCUT2D eigenvalue weighted by atomic mass is 35.5. The summed E-state index contributed by atoms with van der Waals surface area (Å²) in [5, 5.41) is 0.831. The first-order valence-electron chi connectivity index (χ1n) is 10.4. The molecule has 3 aliphatic rings. The van der Waals surface area contributed by atoms with Crippen LogP contribution < -0.4 is 0 Å². The van der Waals surface area contributed by atoms with Crippen LogP contribution in [0.5, 0.6) is 0 Å². The van der Waals surface area contributed by atoms with Crippen LogP contribution in [0, 0.1) is 0 Å². The van der Waals surface area contributed by atoms with Crippen molar-refractivity contribution < 1.29 is 8.42 Å². The molecule has 1 atom stereocenters. The molecule has 1 spiro atoms. The highest BCUT2D eigenvalue weighted by molar-refractivity contribution is 7.88. The van der Waals surface area contributed by atoms with Crippen LogP contribution in [0.4, 0.5) is 0 Å². The number of hydrogen-bond acceptors (Lipinski definition) is 2. The third-order valence-corrected chi connectivity index (χ3v) is 9.79. The molecule has 5 rings (SSSR count). The highest BCUT2D eigenvalue weighted by Crippen LogP contribution is 2.55. The van der Waals surface area contributed by atoms with Gasteiger partial charge in [0.25, 0.3) is 0 Å². The van der Waals surface area contributed by atoms with Crippen LogP contribution in [0.3, 0.4) is 0 Å². The van der Waals surface area contributed by atoms with Gasteiger partial charge in [-0.15, -0.1) is 0 Å². The lowest BCUT2D eigenvalue weighted by Gasteiger charge is -2.48. The quantitative estimate of drug-likeness (QED) is 0.573. The normalized spacial score (nSPS) is 23.3. The van der Waals surface area contributed by atoms with E-state index >= 15 is 0 Å². The third-order valence-electron chi connectivity index (χ3n) is 7.26. The molecule has 6 heteroatoms. The standard InChI is InChI=1S/C23H25Cl2NO2S/c24-20-6-5-16(13-21(20)25)15-29(27,28)26-12-8-17-7-11-23(9-2-10-23)19-4-1-3-18(14-26)22(17)19/h1,3-6,13,17H,2,7-12,14-15H2/t17-/m1/s1. The van der Waals surface area contributed by atoms with Gasteiger partial charge < -0.3 is 0 Å². The zero-order chi connectivity index (χ0) is 20.2. The Morgan fingerprint density at radius 1 is 1.03 bits per heavy atom. The first kappa shape index (κ1) is 19.9. The molecule has 0 radical (unpaired) electrons. The van der Waals surface area contributed by atoms with Gasteiger partial charge in [-0.1, -0.05) is 53.9 Å². The maximum Gasteiger partial charge on any atom is 0.218 e. The van der Waals surface area contributed by atoms with Gasteiger partial charge in [0.15, 0.2) is 0 Å². The van der Waals surface area contributed by atoms with Crippen LogP contribution >= 0.6 is 23.2 Å². The average Bonchev–Trinajstić information content (AvgIpc) is 2.85. The number of nitrogens with zero attached hydrogens (tertiary/aromatic N) is 1. The van der Waals surface area contributed by atoms with Gasteiger partial charge in [-0.25, -0.2) is 8.42 Å². The Hall–Kier alpha value is -1.07. The van der Waals surface area contributed by atoms with Crippen LogP contribution in [0.2, 0.25) is 10.0 Å². The first-order chi connectivity index (χ1) is 13.9. The maximum atomic E-state index is 13.3. The van der Waals surface area contributed by atoms with E-state index in [9.17, 15) is 8.42 Å². The number of fused-ring (bicyclic) bond motifs is 1. The van der Waals surface area contributed by atoms with E-state index in [0.717, 1.165) is 6.42 Å². The summed E-state index contributed by atoms with van der Waals surface area (Å²) in [4.78, 5) is 0. The smallest absolute Gasteiger partial charge is 0.212 e. The zero-order valence-electron chi connectivity index (χ0n) is 16.3. The van der Waals surface area contributed by atoms with E-state index < -0.39 is 10.0 Å². The molecular weight excluding hydrogens is 425 g/mol. The number of halogens is 2. The summed E-state index contributed by atoms with van der Waals surface area (Å²) in [6.45, 7) is 1.05. The number of benzene rings is 2. The van der Waals surface area contributed by atoms with Gasteiger partial charge in [0.2, 0.25) is 10.0 Å². The molecule has 2 aromatic carbocycles. The van der Waals surface area contributed by atoms with Gasteiger partial charge in [-0.2, -0.15) is 4.31 Å². The summed E-state index contributed by atoms with van der Waals surface area (Å²) in [6, 6.07) is 11.6. The summed E-state index contributed by atoms with van der Waals surface area (Å²) in [7, 11) is -3.44. The van der Waals surface area contributed by atoms with E-state index in [1.54, 1.807) is 22.5 Å². The molecule has 0 aromatic heterocycles. The molecule has 1 saturated carbocycles. The predicted octanol–water partition coefficient (Wildman–Crippen LogP) is 6.03. The zero-order valence-corrected chi connectivity index (χ0v) is 18.7. The Morgan fingerprint density at radius 2 is 1.86 bits per heavy atom. The molecule has 0 N–H and O–H groups in total. The van der Waals surface area contributed by atoms with Crippen molar-refractivity contribution in [3.05, 3.63) is 68.7 Å². The van der Waals surface area contributed by atoms with Crippen molar-refractivity contribution >= 4 is 33.2 Å². The molecular formula is C23H25Cl2NO2S. The van der Waals surface area contributed by atoms with Crippen molar-refractivity contribution in [1.82, 2.24) is 4.31 Å².